The van der Waals surface area contributed by atoms with E-state index >= 15 is 0 Å². The van der Waals surface area contributed by atoms with Gasteiger partial charge in [0.25, 0.3) is 0 Å². The summed E-state index contributed by atoms with van der Waals surface area (Å²) in [6, 6.07) is 0. The van der Waals surface area contributed by atoms with Gasteiger partial charge in [0.15, 0.2) is 0 Å². The highest BCUT2D eigenvalue weighted by molar-refractivity contribution is 8.60. The number of hydrogen-bond donors (Lipinski definition) is 1. The van der Waals surface area contributed by atoms with Gasteiger partial charge in [-0.2, -0.15) is 17.6 Å². The van der Waals surface area contributed by atoms with E-state index in [9.17, 15) is 43.9 Å². The van der Waals surface area contributed by atoms with Crippen molar-refractivity contribution in [2.45, 2.75) is 0 Å². The molecule has 0 N–H and O–H groups in total. The van der Waals surface area contributed by atoms with E-state index in [1.165, 1.54) is 0 Å². The first-order chi connectivity index (χ1) is 12.3. The van der Waals surface area contributed by atoms with Crippen LogP contribution in [0.2, 0.25) is 0 Å². The average Bonchev–Trinajstić information content (AvgIpc) is 2.62. The first-order valence-electron chi connectivity index (χ1n) is 6.05. The zero-order valence-electron chi connectivity index (χ0n) is 11.9. The third-order valence-electron chi connectivity index (χ3n) is 2.75. The van der Waals surface area contributed by atoms with E-state index in [-0.39, 0.29) is 0 Å². The van der Waals surface area contributed by atoms with Crippen LogP contribution in [0.1, 0.15) is 0 Å². The van der Waals surface area contributed by atoms with Crippen molar-refractivity contribution in [1.29, 1.82) is 0 Å². The van der Waals surface area contributed by atoms with Crippen LogP contribution in [0, 0.1) is 58.2 Å². The van der Waals surface area contributed by atoms with Crippen LogP contribution >= 0.6 is 17.9 Å². The molecule has 0 fully saturated rings. The normalized spacial score (nSPS) is 11.7. The second-order valence-corrected chi connectivity index (χ2v) is 9.59. The summed E-state index contributed by atoms with van der Waals surface area (Å²) < 4.78 is 141. The lowest BCUT2D eigenvalue weighted by molar-refractivity contribution is 0.335. The summed E-state index contributed by atoms with van der Waals surface area (Å²) in [4.78, 5) is 0. The number of halogens is 10. The quantitative estimate of drug-likeness (QED) is 0.207. The molecule has 2 rings (SSSR count). The topological polar surface area (TPSA) is 18.5 Å². The Kier molecular flexibility index (Phi) is 5.93. The van der Waals surface area contributed by atoms with Crippen LogP contribution < -0.4 is 9.05 Å². The van der Waals surface area contributed by atoms with Gasteiger partial charge in [0, 0.05) is 0 Å². The van der Waals surface area contributed by atoms with Crippen LogP contribution in [0.5, 0.6) is 11.5 Å². The average molecular weight is 462 g/mol. The molecule has 0 bridgehead atoms. The Hall–Kier alpha value is -1.66. The fourth-order valence-corrected chi connectivity index (χ4v) is 3.34. The van der Waals surface area contributed by atoms with E-state index in [0.29, 0.717) is 0 Å². The molecule has 2 aromatic rings. The molecular weight excluding hydrogens is 461 g/mol. The third-order valence-corrected chi connectivity index (χ3v) is 4.52. The summed E-state index contributed by atoms with van der Waals surface area (Å²) in [5.41, 5.74) is -4.70. The van der Waals surface area contributed by atoms with Gasteiger partial charge in [-0.3, -0.25) is 0 Å². The smallest absolute Gasteiger partial charge is 0.345 e. The lowest BCUT2D eigenvalue weighted by Crippen LogP contribution is -2.09. The molecule has 0 aromatic heterocycles. The molecule has 0 amide bonds. The van der Waals surface area contributed by atoms with Crippen LogP contribution in [-0.2, 0) is 11.8 Å². The molecule has 0 spiro atoms. The van der Waals surface area contributed by atoms with E-state index in [0.717, 1.165) is 0 Å². The van der Waals surface area contributed by atoms with Crippen molar-refractivity contribution >= 4 is 29.7 Å². The van der Waals surface area contributed by atoms with Crippen LogP contribution in [0.15, 0.2) is 0 Å². The second-order valence-electron chi connectivity index (χ2n) is 4.45. The highest BCUT2D eigenvalue weighted by Crippen LogP contribution is 2.55. The van der Waals surface area contributed by atoms with E-state index < -0.39 is 75.4 Å². The fraction of sp³-hybridized carbons (Fsp3) is 0. The molecule has 0 aliphatic carbocycles. The second kappa shape index (κ2) is 7.40. The summed E-state index contributed by atoms with van der Waals surface area (Å²) in [5, 5.41) is 0. The highest BCUT2D eigenvalue weighted by atomic mass is 32.9. The molecule has 27 heavy (non-hydrogen) atoms. The first kappa shape index (κ1) is 21.6. The van der Waals surface area contributed by atoms with Crippen LogP contribution in [-0.4, -0.2) is 0 Å². The molecule has 0 radical (unpaired) electrons. The molecule has 0 unspecified atom stereocenters. The molecule has 0 heterocycles. The van der Waals surface area contributed by atoms with E-state index in [1.54, 1.807) is 0 Å². The molecule has 148 valence electrons. The molecule has 0 aliphatic heterocycles. The van der Waals surface area contributed by atoms with Crippen molar-refractivity contribution in [3.63, 3.8) is 0 Å². The van der Waals surface area contributed by atoms with Gasteiger partial charge in [-0.05, 0) is 11.8 Å². The minimum atomic E-state index is -4.70. The molecule has 2 aromatic carbocycles. The number of thiol groups is 1. The summed E-state index contributed by atoms with van der Waals surface area (Å²) in [7, 11) is 0. The predicted octanol–water partition coefficient (Wildman–Crippen LogP) is 5.69. The summed E-state index contributed by atoms with van der Waals surface area (Å²) in [6.07, 6.45) is 0. The maximum atomic E-state index is 13.5. The van der Waals surface area contributed by atoms with Crippen molar-refractivity contribution in [1.82, 2.24) is 0 Å². The van der Waals surface area contributed by atoms with Crippen molar-refractivity contribution in [2.24, 2.45) is 0 Å². The largest absolute Gasteiger partial charge is 0.422 e. The Labute approximate surface area is 153 Å². The Morgan fingerprint density at radius 2 is 0.667 bits per heavy atom. The Balaban J connectivity index is 2.51. The maximum Gasteiger partial charge on any atom is 0.345 e. The molecule has 2 nitrogen and oxygen atoms in total. The molecule has 0 atom stereocenters. The SMILES string of the molecule is Fc1c(F)c(F)c(OP(=S)(S)Oc2c(F)c(F)c(F)c(F)c2F)c(F)c1F. The lowest BCUT2D eigenvalue weighted by atomic mass is 10.3. The van der Waals surface area contributed by atoms with Crippen LogP contribution in [0.3, 0.4) is 0 Å². The minimum Gasteiger partial charge on any atom is -0.422 e. The van der Waals surface area contributed by atoms with Gasteiger partial charge in [0.1, 0.15) is 0 Å². The molecule has 15 heteroatoms. The van der Waals surface area contributed by atoms with Gasteiger partial charge < -0.3 is 9.05 Å². The van der Waals surface area contributed by atoms with E-state index in [2.05, 4.69) is 33.1 Å². The standard InChI is InChI=1S/C12HF10O2PS2/c13-1-3(15)7(19)11(8(20)4(1)16)23-25(26,27)24-12-9(21)5(17)2(14)6(18)10(12)22/h(H,26,27). The van der Waals surface area contributed by atoms with Crippen molar-refractivity contribution < 1.29 is 53.0 Å². The molecular formula is C12HF10O2PS2. The Bertz CT molecular complexity index is 866. The number of benzene rings is 2. The predicted molar refractivity (Wildman–Crippen MR) is 77.0 cm³/mol. The molecule has 0 aliphatic rings. The van der Waals surface area contributed by atoms with Gasteiger partial charge in [-0.15, -0.1) is 0 Å². The van der Waals surface area contributed by atoms with Gasteiger partial charge in [0.2, 0.25) is 69.7 Å². The van der Waals surface area contributed by atoms with Crippen molar-refractivity contribution in [2.75, 3.05) is 0 Å². The Morgan fingerprint density at radius 1 is 0.481 bits per heavy atom. The van der Waals surface area contributed by atoms with Crippen LogP contribution in [0.25, 0.3) is 0 Å². The number of hydrogen-bond acceptors (Lipinski definition) is 3. The van der Waals surface area contributed by atoms with Crippen molar-refractivity contribution in [3.8, 4) is 11.5 Å². The molecule has 0 saturated carbocycles. The van der Waals surface area contributed by atoms with Gasteiger partial charge in [0.05, 0.1) is 0 Å². The Morgan fingerprint density at radius 3 is 0.889 bits per heavy atom. The molecule has 0 saturated heterocycles. The highest BCUT2D eigenvalue weighted by Gasteiger charge is 2.34. The monoisotopic (exact) mass is 462 g/mol. The third kappa shape index (κ3) is 3.83. The number of rotatable bonds is 4. The summed E-state index contributed by atoms with van der Waals surface area (Å²) in [6.45, 7) is 0. The summed E-state index contributed by atoms with van der Waals surface area (Å²) >= 11 is 7.70. The fourth-order valence-electron chi connectivity index (χ4n) is 1.58. The zero-order chi connectivity index (χ0) is 20.8. The van der Waals surface area contributed by atoms with Gasteiger partial charge in [-0.1, -0.05) is 12.2 Å². The minimum absolute atomic E-state index is 2.02. The zero-order valence-corrected chi connectivity index (χ0v) is 14.5. The van der Waals surface area contributed by atoms with Crippen molar-refractivity contribution in [3.05, 3.63) is 58.2 Å². The lowest BCUT2D eigenvalue weighted by Gasteiger charge is -2.20. The van der Waals surface area contributed by atoms with Gasteiger partial charge in [-0.25, -0.2) is 26.3 Å². The summed E-state index contributed by atoms with van der Waals surface area (Å²) in [5.74, 6) is -29.1. The van der Waals surface area contributed by atoms with Crippen LogP contribution in [0.4, 0.5) is 43.9 Å². The van der Waals surface area contributed by atoms with E-state index in [1.807, 2.05) is 0 Å². The van der Waals surface area contributed by atoms with Gasteiger partial charge >= 0.3 is 5.69 Å². The maximum absolute atomic E-state index is 13.5. The first-order valence-corrected chi connectivity index (χ1v) is 9.84. The van der Waals surface area contributed by atoms with E-state index in [4.69, 9.17) is 0 Å².